The number of hydrogen-bond donors (Lipinski definition) is 3. The van der Waals surface area contributed by atoms with E-state index in [9.17, 15) is 28.8 Å². The van der Waals surface area contributed by atoms with Crippen molar-refractivity contribution < 1.29 is 28.8 Å². The molecule has 0 bridgehead atoms. The van der Waals surface area contributed by atoms with Crippen LogP contribution < -0.4 is 20.9 Å². The van der Waals surface area contributed by atoms with Crippen LogP contribution >= 0.6 is 11.6 Å². The van der Waals surface area contributed by atoms with E-state index >= 15 is 0 Å². The molecule has 2 aromatic carbocycles. The number of benzene rings is 2. The fourth-order valence-corrected chi connectivity index (χ4v) is 9.52. The van der Waals surface area contributed by atoms with Crippen molar-refractivity contribution >= 4 is 58.7 Å². The third-order valence-corrected chi connectivity index (χ3v) is 12.9. The zero-order valence-electron chi connectivity index (χ0n) is 33.4. The molecule has 3 N–H and O–H groups in total. The number of fused-ring (bicyclic) bond motifs is 3. The number of imide groups is 1. The number of anilines is 2. The molecule has 3 fully saturated rings. The van der Waals surface area contributed by atoms with Gasteiger partial charge in [-0.3, -0.25) is 34.1 Å². The molecule has 5 heterocycles. The molecule has 3 aromatic rings. The summed E-state index contributed by atoms with van der Waals surface area (Å²) in [5.41, 5.74) is 4.52. The first kappa shape index (κ1) is 40.4. The average molecular weight is 823 g/mol. The lowest BCUT2D eigenvalue weighted by Gasteiger charge is -2.38. The van der Waals surface area contributed by atoms with E-state index < -0.39 is 17.9 Å². The van der Waals surface area contributed by atoms with Crippen LogP contribution in [0.4, 0.5) is 11.6 Å². The number of rotatable bonds is 15. The minimum atomic E-state index is -0.617. The molecular weight excluding hydrogens is 772 g/mol. The highest BCUT2D eigenvalue weighted by molar-refractivity contribution is 6.30. The zero-order chi connectivity index (χ0) is 41.2. The van der Waals surface area contributed by atoms with E-state index in [1.165, 1.54) is 6.33 Å². The summed E-state index contributed by atoms with van der Waals surface area (Å²) in [5.74, 6) is -0.117. The van der Waals surface area contributed by atoms with Gasteiger partial charge in [-0.05, 0) is 72.9 Å². The Kier molecular flexibility index (Phi) is 12.0. The Balaban J connectivity index is 0.777. The topological polar surface area (TPSA) is 174 Å². The van der Waals surface area contributed by atoms with Gasteiger partial charge in [0.2, 0.25) is 29.5 Å². The first-order valence-electron chi connectivity index (χ1n) is 21.1. The highest BCUT2D eigenvalue weighted by Crippen LogP contribution is 2.44. The molecule has 1 aliphatic carbocycles. The molecule has 1 unspecified atom stereocenters. The predicted octanol–water partition coefficient (Wildman–Crippen LogP) is 5.00. The predicted molar refractivity (Wildman–Crippen MR) is 221 cm³/mol. The quantitative estimate of drug-likeness (QED) is 0.141. The molecule has 0 radical (unpaired) electrons. The maximum Gasteiger partial charge on any atom is 0.255 e. The van der Waals surface area contributed by atoms with Crippen LogP contribution in [0.3, 0.4) is 0 Å². The number of amides is 6. The minimum absolute atomic E-state index is 0.00449. The van der Waals surface area contributed by atoms with Crippen LogP contribution in [-0.2, 0) is 36.9 Å². The van der Waals surface area contributed by atoms with E-state index in [0.717, 1.165) is 79.4 Å². The Hall–Kier alpha value is -5.37. The number of piperazine rings is 1. The third-order valence-electron chi connectivity index (χ3n) is 12.6. The van der Waals surface area contributed by atoms with Crippen LogP contribution in [-0.4, -0.2) is 93.0 Å². The molecule has 5 aliphatic rings. The number of carbonyl (C=O) groups excluding carboxylic acids is 6. The van der Waals surface area contributed by atoms with E-state index in [2.05, 4.69) is 36.9 Å². The summed E-state index contributed by atoms with van der Waals surface area (Å²) in [4.78, 5) is 91.5. The Labute approximate surface area is 348 Å². The Morgan fingerprint density at radius 2 is 1.68 bits per heavy atom. The number of hydrogen-bond acceptors (Lipinski definition) is 9. The van der Waals surface area contributed by atoms with Crippen molar-refractivity contribution in [3.63, 3.8) is 0 Å². The van der Waals surface area contributed by atoms with Gasteiger partial charge in [0.25, 0.3) is 5.91 Å². The van der Waals surface area contributed by atoms with E-state index in [1.807, 2.05) is 36.1 Å². The van der Waals surface area contributed by atoms with Gasteiger partial charge in [0.15, 0.2) is 0 Å². The lowest BCUT2D eigenvalue weighted by atomic mass is 9.94. The number of halogens is 1. The number of carbonyl (C=O) groups is 6. The Morgan fingerprint density at radius 3 is 2.47 bits per heavy atom. The van der Waals surface area contributed by atoms with Crippen molar-refractivity contribution in [2.75, 3.05) is 29.9 Å². The highest BCUT2D eigenvalue weighted by Gasteiger charge is 2.53. The maximum atomic E-state index is 14.3. The summed E-state index contributed by atoms with van der Waals surface area (Å²) in [6.45, 7) is 3.74. The first-order valence-corrected chi connectivity index (χ1v) is 21.4. The van der Waals surface area contributed by atoms with E-state index in [4.69, 9.17) is 11.6 Å². The lowest BCUT2D eigenvalue weighted by Crippen LogP contribution is -2.52. The highest BCUT2D eigenvalue weighted by atomic mass is 35.5. The Bertz CT molecular complexity index is 2150. The molecular formula is C44H51ClN8O6. The fraction of sp³-hybridized carbons (Fsp3) is 0.500. The molecule has 14 nitrogen and oxygen atoms in total. The number of nitrogens with zero attached hydrogens (tertiary/aromatic N) is 5. The SMILES string of the molecule is C[C@@H]1CC(=O)Nc2ncnc(N3CCN(C(=O)[C@H](CNC(=O)CCCCCCCCc4cccc5c4CN(C4CCC(=O)NC4=O)C5=O)c4ccc(Cl)cc4)[C@@H]4C[C@@H]43)c21. The second-order valence-electron chi connectivity index (χ2n) is 16.6. The second-order valence-corrected chi connectivity index (χ2v) is 17.0. The van der Waals surface area contributed by atoms with Crippen molar-refractivity contribution in [1.29, 1.82) is 0 Å². The molecule has 310 valence electrons. The molecule has 2 saturated heterocycles. The van der Waals surface area contributed by atoms with Crippen LogP contribution in [0.5, 0.6) is 0 Å². The molecule has 1 saturated carbocycles. The number of aryl methyl sites for hydroxylation is 1. The summed E-state index contributed by atoms with van der Waals surface area (Å²) >= 11 is 6.21. The van der Waals surface area contributed by atoms with Crippen molar-refractivity contribution in [1.82, 2.24) is 30.4 Å². The molecule has 5 atom stereocenters. The van der Waals surface area contributed by atoms with Gasteiger partial charge in [-0.1, -0.05) is 68.5 Å². The van der Waals surface area contributed by atoms with Crippen LogP contribution in [0.15, 0.2) is 48.8 Å². The molecule has 6 amide bonds. The van der Waals surface area contributed by atoms with E-state index in [0.29, 0.717) is 55.3 Å². The fourth-order valence-electron chi connectivity index (χ4n) is 9.39. The summed E-state index contributed by atoms with van der Waals surface area (Å²) in [7, 11) is 0. The van der Waals surface area contributed by atoms with Crippen LogP contribution in [0.1, 0.15) is 122 Å². The monoisotopic (exact) mass is 822 g/mol. The molecule has 15 heteroatoms. The van der Waals surface area contributed by atoms with E-state index in [1.54, 1.807) is 17.0 Å². The van der Waals surface area contributed by atoms with Gasteiger partial charge in [-0.25, -0.2) is 9.97 Å². The van der Waals surface area contributed by atoms with Crippen LogP contribution in [0.25, 0.3) is 0 Å². The van der Waals surface area contributed by atoms with Gasteiger partial charge in [0, 0.05) is 61.6 Å². The summed E-state index contributed by atoms with van der Waals surface area (Å²) in [5, 5.41) is 8.89. The molecule has 1 aromatic heterocycles. The van der Waals surface area contributed by atoms with Crippen molar-refractivity contribution in [3.05, 3.63) is 81.6 Å². The summed E-state index contributed by atoms with van der Waals surface area (Å²) in [6.07, 6.45) is 10.3. The molecule has 4 aliphatic heterocycles. The van der Waals surface area contributed by atoms with Gasteiger partial charge in [0.1, 0.15) is 24.0 Å². The van der Waals surface area contributed by atoms with Crippen LogP contribution in [0, 0.1) is 0 Å². The number of nitrogens with one attached hydrogen (secondary N) is 3. The average Bonchev–Trinajstić information content (AvgIpc) is 3.95. The maximum absolute atomic E-state index is 14.3. The van der Waals surface area contributed by atoms with Gasteiger partial charge < -0.3 is 25.3 Å². The van der Waals surface area contributed by atoms with Gasteiger partial charge >= 0.3 is 0 Å². The number of aromatic nitrogens is 2. The normalized spacial score (nSPS) is 22.6. The van der Waals surface area contributed by atoms with E-state index in [-0.39, 0.29) is 60.5 Å². The minimum Gasteiger partial charge on any atom is -0.355 e. The molecule has 59 heavy (non-hydrogen) atoms. The second kappa shape index (κ2) is 17.5. The van der Waals surface area contributed by atoms with Crippen molar-refractivity contribution in [2.45, 2.75) is 120 Å². The Morgan fingerprint density at radius 1 is 0.898 bits per heavy atom. The van der Waals surface area contributed by atoms with Crippen molar-refractivity contribution in [3.8, 4) is 0 Å². The lowest BCUT2D eigenvalue weighted by molar-refractivity contribution is -0.137. The number of unbranched alkanes of at least 4 members (excludes halogenated alkanes) is 5. The third kappa shape index (κ3) is 8.69. The zero-order valence-corrected chi connectivity index (χ0v) is 34.1. The van der Waals surface area contributed by atoms with Gasteiger partial charge in [-0.2, -0.15) is 0 Å². The van der Waals surface area contributed by atoms with Crippen molar-refractivity contribution in [2.24, 2.45) is 0 Å². The standard InChI is InChI=1S/C44H51ClN8O6/c1-26-21-38(56)49-40-39(26)41(48-25-47-40)51-19-20-52(35-22-34(35)51)44(59)31(28-13-15-29(45)16-14-28)23-46-36(54)12-7-5-3-2-4-6-9-27-10-8-11-30-32(27)24-53(43(30)58)33-17-18-37(55)50-42(33)57/h8,10-11,13-16,25-26,31,33-35H,2-7,9,12,17-24H2,1H3,(H,46,54)(H,50,55,57)(H,47,48,49,56)/t26-,31-,33?,34+,35-/m1/s1. The molecule has 8 rings (SSSR count). The smallest absolute Gasteiger partial charge is 0.255 e. The van der Waals surface area contributed by atoms with Gasteiger partial charge in [-0.15, -0.1) is 0 Å². The summed E-state index contributed by atoms with van der Waals surface area (Å²) < 4.78 is 0. The summed E-state index contributed by atoms with van der Waals surface area (Å²) in [6, 6.07) is 12.6. The molecule has 0 spiro atoms. The first-order chi connectivity index (χ1) is 28.6. The largest absolute Gasteiger partial charge is 0.355 e. The van der Waals surface area contributed by atoms with Crippen LogP contribution in [0.2, 0.25) is 5.02 Å². The number of piperidine rings is 1. The van der Waals surface area contributed by atoms with Gasteiger partial charge in [0.05, 0.1) is 18.0 Å².